The van der Waals surface area contributed by atoms with Gasteiger partial charge >= 0.3 is 0 Å². The molecule has 0 bridgehead atoms. The number of benzene rings is 1. The smallest absolute Gasteiger partial charge is 0.255 e. The molecule has 0 aromatic heterocycles. The molecule has 0 saturated carbocycles. The van der Waals surface area contributed by atoms with Gasteiger partial charge in [-0.1, -0.05) is 6.07 Å². The van der Waals surface area contributed by atoms with Crippen molar-refractivity contribution in [2.75, 3.05) is 27.4 Å². The second-order valence-electron chi connectivity index (χ2n) is 4.37. The Hall–Kier alpha value is -1.79. The maximum atomic E-state index is 12.2. The van der Waals surface area contributed by atoms with E-state index in [-0.39, 0.29) is 18.8 Å². The van der Waals surface area contributed by atoms with Gasteiger partial charge < -0.3 is 25.0 Å². The number of ether oxygens (including phenoxy) is 2. The fourth-order valence-electron chi connectivity index (χ4n) is 1.54. The minimum absolute atomic E-state index is 0.273. The van der Waals surface area contributed by atoms with Gasteiger partial charge in [0.05, 0.1) is 38.5 Å². The zero-order valence-electron chi connectivity index (χ0n) is 11.3. The van der Waals surface area contributed by atoms with Gasteiger partial charge in [0.2, 0.25) is 0 Å². The van der Waals surface area contributed by atoms with Crippen LogP contribution >= 0.6 is 0 Å². The van der Waals surface area contributed by atoms with Crippen molar-refractivity contribution in [1.82, 2.24) is 5.32 Å². The lowest BCUT2D eigenvalue weighted by molar-refractivity contribution is 0.0721. The Morgan fingerprint density at radius 3 is 2.37 bits per heavy atom. The number of nitrogens with one attached hydrogen (secondary N) is 1. The molecule has 106 valence electrons. The number of methoxy groups -OCH3 is 2. The van der Waals surface area contributed by atoms with Crippen LogP contribution in [0, 0.1) is 0 Å². The molecule has 1 amide bonds. The van der Waals surface area contributed by atoms with Gasteiger partial charge in [0.1, 0.15) is 0 Å². The van der Waals surface area contributed by atoms with E-state index in [1.165, 1.54) is 21.1 Å². The first kappa shape index (κ1) is 15.3. The SMILES string of the molecule is COc1cccc(C(=O)NC(C)(CO)CO)c1OC. The molecule has 0 heterocycles. The van der Waals surface area contributed by atoms with Gasteiger partial charge in [0.25, 0.3) is 5.91 Å². The van der Waals surface area contributed by atoms with Crippen LogP contribution in [-0.4, -0.2) is 49.1 Å². The predicted molar refractivity (Wildman–Crippen MR) is 69.6 cm³/mol. The van der Waals surface area contributed by atoms with Gasteiger partial charge in [0, 0.05) is 0 Å². The molecular weight excluding hydrogens is 250 g/mol. The quantitative estimate of drug-likeness (QED) is 0.685. The van der Waals surface area contributed by atoms with Crippen molar-refractivity contribution in [3.8, 4) is 11.5 Å². The zero-order valence-corrected chi connectivity index (χ0v) is 11.3. The van der Waals surface area contributed by atoms with Crippen LogP contribution < -0.4 is 14.8 Å². The van der Waals surface area contributed by atoms with Crippen molar-refractivity contribution in [1.29, 1.82) is 0 Å². The number of carbonyl (C=O) groups is 1. The number of amides is 1. The summed E-state index contributed by atoms with van der Waals surface area (Å²) in [4.78, 5) is 12.2. The number of para-hydroxylation sites is 1. The van der Waals surface area contributed by atoms with E-state index in [1.807, 2.05) is 0 Å². The molecule has 19 heavy (non-hydrogen) atoms. The Labute approximate surface area is 112 Å². The number of hydrogen-bond donors (Lipinski definition) is 3. The molecule has 0 aliphatic heterocycles. The third-order valence-electron chi connectivity index (χ3n) is 2.76. The standard InChI is InChI=1S/C13H19NO5/c1-13(7-15,8-16)14-12(17)9-5-4-6-10(18-2)11(9)19-3/h4-6,15-16H,7-8H2,1-3H3,(H,14,17). The lowest BCUT2D eigenvalue weighted by Gasteiger charge is -2.26. The highest BCUT2D eigenvalue weighted by molar-refractivity contribution is 5.98. The van der Waals surface area contributed by atoms with Crippen molar-refractivity contribution < 1.29 is 24.5 Å². The summed E-state index contributed by atoms with van der Waals surface area (Å²) in [6.07, 6.45) is 0. The molecule has 0 radical (unpaired) electrons. The van der Waals surface area contributed by atoms with Gasteiger partial charge in [-0.25, -0.2) is 0 Å². The fourth-order valence-corrected chi connectivity index (χ4v) is 1.54. The van der Waals surface area contributed by atoms with Crippen LogP contribution in [0.2, 0.25) is 0 Å². The van der Waals surface area contributed by atoms with Crippen LogP contribution in [0.15, 0.2) is 18.2 Å². The first-order valence-corrected chi connectivity index (χ1v) is 5.76. The number of carbonyl (C=O) groups excluding carboxylic acids is 1. The van der Waals surface area contributed by atoms with E-state index >= 15 is 0 Å². The van der Waals surface area contributed by atoms with Crippen LogP contribution in [0.3, 0.4) is 0 Å². The minimum atomic E-state index is -1.09. The molecule has 3 N–H and O–H groups in total. The molecule has 6 nitrogen and oxygen atoms in total. The molecule has 0 saturated heterocycles. The predicted octanol–water partition coefficient (Wildman–Crippen LogP) is 0.177. The first-order valence-electron chi connectivity index (χ1n) is 5.76. The van der Waals surface area contributed by atoms with Gasteiger partial charge in [0.15, 0.2) is 11.5 Å². The average Bonchev–Trinajstić information content (AvgIpc) is 2.45. The number of aliphatic hydroxyl groups is 2. The van der Waals surface area contributed by atoms with Crippen molar-refractivity contribution in [2.45, 2.75) is 12.5 Å². The topological polar surface area (TPSA) is 88.0 Å². The normalized spacial score (nSPS) is 11.0. The summed E-state index contributed by atoms with van der Waals surface area (Å²) in [5.41, 5.74) is -0.819. The lowest BCUT2D eigenvalue weighted by atomic mass is 10.0. The summed E-state index contributed by atoms with van der Waals surface area (Å²) in [5, 5.41) is 20.9. The molecule has 0 fully saturated rings. The third-order valence-corrected chi connectivity index (χ3v) is 2.76. The van der Waals surface area contributed by atoms with Gasteiger partial charge in [-0.05, 0) is 19.1 Å². The Morgan fingerprint density at radius 1 is 1.26 bits per heavy atom. The number of hydrogen-bond acceptors (Lipinski definition) is 5. The molecule has 0 unspecified atom stereocenters. The summed E-state index contributed by atoms with van der Waals surface area (Å²) in [6, 6.07) is 4.91. The summed E-state index contributed by atoms with van der Waals surface area (Å²) < 4.78 is 10.3. The molecule has 1 rings (SSSR count). The Balaban J connectivity index is 3.06. The van der Waals surface area contributed by atoms with E-state index in [2.05, 4.69) is 5.32 Å². The van der Waals surface area contributed by atoms with E-state index in [0.717, 1.165) is 0 Å². The van der Waals surface area contributed by atoms with Crippen LogP contribution in [0.1, 0.15) is 17.3 Å². The molecule has 0 atom stereocenters. The average molecular weight is 269 g/mol. The van der Waals surface area contributed by atoms with E-state index in [4.69, 9.17) is 9.47 Å². The highest BCUT2D eigenvalue weighted by Gasteiger charge is 2.27. The van der Waals surface area contributed by atoms with Crippen molar-refractivity contribution >= 4 is 5.91 Å². The van der Waals surface area contributed by atoms with Crippen LogP contribution in [-0.2, 0) is 0 Å². The second kappa shape index (κ2) is 6.40. The Bertz CT molecular complexity index is 443. The van der Waals surface area contributed by atoms with Crippen molar-refractivity contribution in [3.63, 3.8) is 0 Å². The molecule has 0 aliphatic rings. The number of rotatable bonds is 6. The summed E-state index contributed by atoms with van der Waals surface area (Å²) in [7, 11) is 2.91. The Morgan fingerprint density at radius 2 is 1.89 bits per heavy atom. The minimum Gasteiger partial charge on any atom is -0.493 e. The number of aliphatic hydroxyl groups excluding tert-OH is 2. The lowest BCUT2D eigenvalue weighted by Crippen LogP contribution is -2.51. The van der Waals surface area contributed by atoms with Crippen molar-refractivity contribution in [2.24, 2.45) is 0 Å². The van der Waals surface area contributed by atoms with Crippen molar-refractivity contribution in [3.05, 3.63) is 23.8 Å². The molecule has 0 aliphatic carbocycles. The molecule has 1 aromatic carbocycles. The molecular formula is C13H19NO5. The summed E-state index contributed by atoms with van der Waals surface area (Å²) in [5.74, 6) is 0.284. The Kier molecular flexibility index (Phi) is 5.14. The zero-order chi connectivity index (χ0) is 14.5. The van der Waals surface area contributed by atoms with Gasteiger partial charge in [-0.15, -0.1) is 0 Å². The van der Waals surface area contributed by atoms with Crippen LogP contribution in [0.5, 0.6) is 11.5 Å². The maximum Gasteiger partial charge on any atom is 0.255 e. The summed E-state index contributed by atoms with van der Waals surface area (Å²) >= 11 is 0. The van der Waals surface area contributed by atoms with E-state index in [9.17, 15) is 15.0 Å². The second-order valence-corrected chi connectivity index (χ2v) is 4.37. The van der Waals surface area contributed by atoms with Crippen LogP contribution in [0.25, 0.3) is 0 Å². The fraction of sp³-hybridized carbons (Fsp3) is 0.462. The molecule has 6 heteroatoms. The molecule has 1 aromatic rings. The highest BCUT2D eigenvalue weighted by Crippen LogP contribution is 2.30. The largest absolute Gasteiger partial charge is 0.493 e. The van der Waals surface area contributed by atoms with E-state index in [0.29, 0.717) is 11.5 Å². The monoisotopic (exact) mass is 269 g/mol. The maximum absolute atomic E-state index is 12.2. The third kappa shape index (κ3) is 3.36. The molecule has 0 spiro atoms. The van der Waals surface area contributed by atoms with Gasteiger partial charge in [-0.3, -0.25) is 4.79 Å². The first-order chi connectivity index (χ1) is 9.01. The summed E-state index contributed by atoms with van der Waals surface area (Å²) in [6.45, 7) is 0.792. The van der Waals surface area contributed by atoms with E-state index < -0.39 is 11.4 Å². The highest BCUT2D eigenvalue weighted by atomic mass is 16.5. The van der Waals surface area contributed by atoms with Crippen LogP contribution in [0.4, 0.5) is 0 Å². The van der Waals surface area contributed by atoms with Gasteiger partial charge in [-0.2, -0.15) is 0 Å². The van der Waals surface area contributed by atoms with E-state index in [1.54, 1.807) is 18.2 Å².